The smallest absolute Gasteiger partial charge is 0.248 e. The van der Waals surface area contributed by atoms with E-state index < -0.39 is 0 Å². The molecule has 0 spiro atoms. The van der Waals surface area contributed by atoms with E-state index >= 15 is 0 Å². The van der Waals surface area contributed by atoms with Crippen LogP contribution in [0, 0.1) is 6.92 Å². The van der Waals surface area contributed by atoms with Crippen molar-refractivity contribution in [2.75, 3.05) is 5.32 Å². The highest BCUT2D eigenvalue weighted by atomic mass is 79.9. The number of benzene rings is 1. The molecule has 8 heteroatoms. The van der Waals surface area contributed by atoms with Crippen molar-refractivity contribution in [1.82, 2.24) is 20.2 Å². The first-order chi connectivity index (χ1) is 11.1. The van der Waals surface area contributed by atoms with Crippen molar-refractivity contribution in [2.45, 2.75) is 6.92 Å². The molecular weight excluding hydrogens is 362 g/mol. The summed E-state index contributed by atoms with van der Waals surface area (Å²) >= 11 is 3.21. The van der Waals surface area contributed by atoms with Crippen LogP contribution in [0.2, 0.25) is 0 Å². The van der Waals surface area contributed by atoms with Gasteiger partial charge in [0, 0.05) is 11.8 Å². The van der Waals surface area contributed by atoms with Crippen LogP contribution < -0.4 is 5.32 Å². The summed E-state index contributed by atoms with van der Waals surface area (Å²) in [6.07, 6.45) is 3.00. The minimum absolute atomic E-state index is 0.261. The molecule has 0 atom stereocenters. The molecule has 0 saturated carbocycles. The Kier molecular flexibility index (Phi) is 4.33. The molecule has 1 aromatic carbocycles. The zero-order valence-corrected chi connectivity index (χ0v) is 13.7. The maximum absolute atomic E-state index is 12.0. The van der Waals surface area contributed by atoms with Crippen LogP contribution in [0.15, 0.2) is 51.6 Å². The van der Waals surface area contributed by atoms with Crippen molar-refractivity contribution in [3.8, 4) is 5.69 Å². The van der Waals surface area contributed by atoms with Crippen LogP contribution in [0.5, 0.6) is 0 Å². The van der Waals surface area contributed by atoms with Gasteiger partial charge in [-0.25, -0.2) is 0 Å². The second kappa shape index (κ2) is 6.57. The molecule has 23 heavy (non-hydrogen) atoms. The quantitative estimate of drug-likeness (QED) is 0.710. The predicted octanol–water partition coefficient (Wildman–Crippen LogP) is 2.98. The number of anilines is 1. The van der Waals surface area contributed by atoms with E-state index in [1.165, 1.54) is 6.08 Å². The number of rotatable bonds is 4. The number of nitrogens with zero attached hydrogens (tertiary/aromatic N) is 4. The monoisotopic (exact) mass is 373 g/mol. The van der Waals surface area contributed by atoms with Gasteiger partial charge in [0.25, 0.3) is 0 Å². The molecule has 3 aromatic rings. The average molecular weight is 374 g/mol. The van der Waals surface area contributed by atoms with Gasteiger partial charge in [-0.1, -0.05) is 6.07 Å². The van der Waals surface area contributed by atoms with Crippen LogP contribution in [-0.2, 0) is 4.79 Å². The molecule has 0 aliphatic carbocycles. The number of aryl methyl sites for hydroxylation is 1. The number of nitrogens with one attached hydrogen (secondary N) is 1. The van der Waals surface area contributed by atoms with E-state index in [2.05, 4.69) is 36.8 Å². The number of tetrazole rings is 1. The molecule has 2 aromatic heterocycles. The van der Waals surface area contributed by atoms with Crippen molar-refractivity contribution >= 4 is 33.6 Å². The van der Waals surface area contributed by atoms with E-state index in [-0.39, 0.29) is 5.91 Å². The molecule has 3 rings (SSSR count). The van der Waals surface area contributed by atoms with Crippen molar-refractivity contribution in [3.63, 3.8) is 0 Å². The maximum Gasteiger partial charge on any atom is 0.248 e. The van der Waals surface area contributed by atoms with E-state index in [9.17, 15) is 4.79 Å². The lowest BCUT2D eigenvalue weighted by molar-refractivity contribution is -0.111. The van der Waals surface area contributed by atoms with Crippen molar-refractivity contribution in [2.24, 2.45) is 0 Å². The molecule has 2 heterocycles. The highest BCUT2D eigenvalue weighted by Gasteiger charge is 2.05. The van der Waals surface area contributed by atoms with Crippen molar-refractivity contribution in [3.05, 3.63) is 58.7 Å². The van der Waals surface area contributed by atoms with E-state index in [0.717, 1.165) is 5.69 Å². The number of hydrogen-bond donors (Lipinski definition) is 1. The molecule has 1 amide bonds. The molecule has 0 aliphatic heterocycles. The van der Waals surface area contributed by atoms with Gasteiger partial charge in [-0.3, -0.25) is 4.79 Å². The molecule has 0 saturated heterocycles. The average Bonchev–Trinajstić information content (AvgIpc) is 3.14. The number of hydrogen-bond acceptors (Lipinski definition) is 5. The van der Waals surface area contributed by atoms with Crippen LogP contribution in [0.25, 0.3) is 11.8 Å². The lowest BCUT2D eigenvalue weighted by Crippen LogP contribution is -2.08. The summed E-state index contributed by atoms with van der Waals surface area (Å²) in [5.41, 5.74) is 1.41. The van der Waals surface area contributed by atoms with Crippen LogP contribution in [-0.4, -0.2) is 26.1 Å². The van der Waals surface area contributed by atoms with Gasteiger partial charge in [0.05, 0.1) is 5.69 Å². The fourth-order valence-electron chi connectivity index (χ4n) is 1.95. The third-order valence-electron chi connectivity index (χ3n) is 2.98. The molecule has 0 radical (unpaired) electrons. The van der Waals surface area contributed by atoms with Gasteiger partial charge >= 0.3 is 0 Å². The lowest BCUT2D eigenvalue weighted by Gasteiger charge is -2.06. The highest BCUT2D eigenvalue weighted by Crippen LogP contribution is 2.16. The minimum Gasteiger partial charge on any atom is -0.450 e. The largest absolute Gasteiger partial charge is 0.450 e. The van der Waals surface area contributed by atoms with Gasteiger partial charge in [0.1, 0.15) is 5.76 Å². The number of aromatic nitrogens is 4. The van der Waals surface area contributed by atoms with Crippen LogP contribution in [0.4, 0.5) is 5.69 Å². The first-order valence-electron chi connectivity index (χ1n) is 6.71. The first-order valence-corrected chi connectivity index (χ1v) is 7.51. The zero-order chi connectivity index (χ0) is 16.2. The summed E-state index contributed by atoms with van der Waals surface area (Å²) in [6.45, 7) is 1.80. The third kappa shape index (κ3) is 3.72. The zero-order valence-electron chi connectivity index (χ0n) is 12.1. The molecular formula is C15H12BrN5O2. The second-order valence-electron chi connectivity index (χ2n) is 4.65. The Balaban J connectivity index is 1.72. The van der Waals surface area contributed by atoms with Gasteiger partial charge in [-0.2, -0.15) is 4.68 Å². The third-order valence-corrected chi connectivity index (χ3v) is 3.40. The van der Waals surface area contributed by atoms with E-state index in [1.54, 1.807) is 41.9 Å². The Morgan fingerprint density at radius 1 is 1.35 bits per heavy atom. The van der Waals surface area contributed by atoms with Crippen molar-refractivity contribution in [1.29, 1.82) is 0 Å². The van der Waals surface area contributed by atoms with E-state index in [0.29, 0.717) is 21.9 Å². The Bertz CT molecular complexity index is 868. The summed E-state index contributed by atoms with van der Waals surface area (Å²) < 4.78 is 7.49. The fraction of sp³-hybridized carbons (Fsp3) is 0.0667. The Morgan fingerprint density at radius 2 is 2.22 bits per heavy atom. The number of amides is 1. The molecule has 7 nitrogen and oxygen atoms in total. The second-order valence-corrected chi connectivity index (χ2v) is 5.43. The molecule has 0 fully saturated rings. The van der Waals surface area contributed by atoms with Crippen LogP contribution in [0.1, 0.15) is 11.6 Å². The molecule has 0 bridgehead atoms. The molecule has 1 N–H and O–H groups in total. The molecule has 0 unspecified atom stereocenters. The van der Waals surface area contributed by atoms with E-state index in [1.807, 2.05) is 12.1 Å². The maximum atomic E-state index is 12.0. The standard InChI is InChI=1S/C15H12BrN5O2/c1-10-18-19-20-21(10)12-4-2-3-11(9-12)17-15(22)8-6-13-5-7-14(16)23-13/h2-9H,1H3,(H,17,22)/b8-6+. The fourth-order valence-corrected chi connectivity index (χ4v) is 2.26. The lowest BCUT2D eigenvalue weighted by atomic mass is 10.2. The number of carbonyl (C=O) groups is 1. The van der Waals surface area contributed by atoms with Gasteiger partial charge in [0.2, 0.25) is 5.91 Å². The van der Waals surface area contributed by atoms with Crippen LogP contribution in [0.3, 0.4) is 0 Å². The summed E-state index contributed by atoms with van der Waals surface area (Å²) in [5, 5.41) is 14.1. The summed E-state index contributed by atoms with van der Waals surface area (Å²) in [7, 11) is 0. The summed E-state index contributed by atoms with van der Waals surface area (Å²) in [4.78, 5) is 12.0. The first kappa shape index (κ1) is 15.2. The molecule has 0 aliphatic rings. The summed E-state index contributed by atoms with van der Waals surface area (Å²) in [6, 6.07) is 10.8. The van der Waals surface area contributed by atoms with Crippen molar-refractivity contribution < 1.29 is 9.21 Å². The van der Waals surface area contributed by atoms with Gasteiger partial charge in [-0.15, -0.1) is 5.10 Å². The minimum atomic E-state index is -0.261. The Morgan fingerprint density at radius 3 is 2.91 bits per heavy atom. The van der Waals surface area contributed by atoms with Gasteiger partial charge in [-0.05, 0) is 69.7 Å². The van der Waals surface area contributed by atoms with E-state index in [4.69, 9.17) is 4.42 Å². The Hall–Kier alpha value is -2.74. The predicted molar refractivity (Wildman–Crippen MR) is 88.0 cm³/mol. The summed E-state index contributed by atoms with van der Waals surface area (Å²) in [5.74, 6) is 0.991. The number of furan rings is 1. The topological polar surface area (TPSA) is 85.8 Å². The van der Waals surface area contributed by atoms with Gasteiger partial charge in [0.15, 0.2) is 10.5 Å². The SMILES string of the molecule is Cc1nnnn1-c1cccc(NC(=O)/C=C/c2ccc(Br)o2)c1. The van der Waals surface area contributed by atoms with Gasteiger partial charge < -0.3 is 9.73 Å². The molecule has 116 valence electrons. The number of carbonyl (C=O) groups excluding carboxylic acids is 1. The van der Waals surface area contributed by atoms with Crippen LogP contribution >= 0.6 is 15.9 Å². The normalized spacial score (nSPS) is 11.0. The Labute approximate surface area is 140 Å². The number of halogens is 1. The highest BCUT2D eigenvalue weighted by molar-refractivity contribution is 9.10.